The van der Waals surface area contributed by atoms with E-state index in [0.717, 1.165) is 11.4 Å². The molecule has 1 aliphatic rings. The number of nitrogens with one attached hydrogen (secondary N) is 1. The number of hydrogen-bond donors (Lipinski definition) is 2. The van der Waals surface area contributed by atoms with E-state index in [9.17, 15) is 4.79 Å². The molecule has 2 aromatic rings. The molecule has 0 fully saturated rings. The van der Waals surface area contributed by atoms with Crippen molar-refractivity contribution in [2.75, 3.05) is 17.3 Å². The van der Waals surface area contributed by atoms with Gasteiger partial charge in [0, 0.05) is 11.4 Å². The summed E-state index contributed by atoms with van der Waals surface area (Å²) in [7, 11) is 1.58. The second-order valence-corrected chi connectivity index (χ2v) is 4.93. The van der Waals surface area contributed by atoms with E-state index in [-0.39, 0.29) is 5.91 Å². The number of nitrogens with zero attached hydrogens (tertiary/aromatic N) is 1. The molecule has 3 rings (SSSR count). The zero-order valence-electron chi connectivity index (χ0n) is 10.9. The van der Waals surface area contributed by atoms with Crippen molar-refractivity contribution in [2.45, 2.75) is 5.50 Å². The fourth-order valence-corrected chi connectivity index (χ4v) is 2.62. The van der Waals surface area contributed by atoms with Crippen molar-refractivity contribution in [3.05, 3.63) is 54.1 Å². The minimum absolute atomic E-state index is 0.0937. The number of carbonyl (C=O) groups excluding carboxylic acids is 1. The lowest BCUT2D eigenvalue weighted by Crippen LogP contribution is -2.46. The zero-order valence-corrected chi connectivity index (χ0v) is 11.8. The Morgan fingerprint density at radius 1 is 1.20 bits per heavy atom. The molecule has 0 spiro atoms. The maximum Gasteiger partial charge on any atom is 0.262 e. The third-order valence-corrected chi connectivity index (χ3v) is 3.60. The highest BCUT2D eigenvalue weighted by Crippen LogP contribution is 2.32. The van der Waals surface area contributed by atoms with Crippen LogP contribution in [-0.4, -0.2) is 18.5 Å². The molecule has 1 atom stereocenters. The van der Waals surface area contributed by atoms with Crippen LogP contribution in [0.3, 0.4) is 0 Å². The third kappa shape index (κ3) is 2.10. The normalized spacial score (nSPS) is 17.4. The number of ether oxygens (including phenoxy) is 1. The Morgan fingerprint density at radius 3 is 2.65 bits per heavy atom. The number of fused-ring (bicyclic) bond motifs is 1. The molecule has 2 aromatic carbocycles. The van der Waals surface area contributed by atoms with E-state index < -0.39 is 5.50 Å². The predicted octanol–water partition coefficient (Wildman–Crippen LogP) is 2.98. The fourth-order valence-electron chi connectivity index (χ4n) is 2.24. The molecule has 20 heavy (non-hydrogen) atoms. The van der Waals surface area contributed by atoms with Gasteiger partial charge in [0.05, 0.1) is 12.7 Å². The molecule has 1 amide bonds. The maximum atomic E-state index is 12.7. The predicted molar refractivity (Wildman–Crippen MR) is 82.6 cm³/mol. The fraction of sp³-hybridized carbons (Fsp3) is 0.133. The molecule has 4 nitrogen and oxygen atoms in total. The average molecular weight is 286 g/mol. The second-order valence-electron chi connectivity index (χ2n) is 4.44. The quantitative estimate of drug-likeness (QED) is 0.834. The van der Waals surface area contributed by atoms with Crippen molar-refractivity contribution in [2.24, 2.45) is 0 Å². The van der Waals surface area contributed by atoms with Gasteiger partial charge in [0.25, 0.3) is 5.91 Å². The summed E-state index contributed by atoms with van der Waals surface area (Å²) in [6.45, 7) is 0. The van der Waals surface area contributed by atoms with Gasteiger partial charge in [-0.15, -0.1) is 12.6 Å². The molecule has 1 heterocycles. The van der Waals surface area contributed by atoms with Crippen LogP contribution in [0.15, 0.2) is 48.5 Å². The number of benzene rings is 2. The van der Waals surface area contributed by atoms with Crippen molar-refractivity contribution in [1.29, 1.82) is 0 Å². The van der Waals surface area contributed by atoms with Crippen molar-refractivity contribution >= 4 is 29.9 Å². The highest BCUT2D eigenvalue weighted by Gasteiger charge is 2.31. The summed E-state index contributed by atoms with van der Waals surface area (Å²) in [5.74, 6) is 0.563. The standard InChI is InChI=1S/C15H14N2O2S/c1-19-11-7-8-13-12(9-11)14(18)17(15(20)16-13)10-5-3-2-4-6-10/h2-9,15-16,20H,1H3. The van der Waals surface area contributed by atoms with Crippen LogP contribution in [0.1, 0.15) is 10.4 Å². The number of carbonyl (C=O) groups is 1. The molecule has 0 bridgehead atoms. The minimum atomic E-state index is -0.397. The number of rotatable bonds is 2. The van der Waals surface area contributed by atoms with Gasteiger partial charge in [-0.05, 0) is 30.3 Å². The Hall–Kier alpha value is -2.14. The van der Waals surface area contributed by atoms with Crippen molar-refractivity contribution < 1.29 is 9.53 Å². The van der Waals surface area contributed by atoms with Gasteiger partial charge in [0.2, 0.25) is 0 Å². The molecule has 0 aliphatic carbocycles. The van der Waals surface area contributed by atoms with Gasteiger partial charge in [-0.1, -0.05) is 18.2 Å². The smallest absolute Gasteiger partial charge is 0.262 e. The third-order valence-electron chi connectivity index (χ3n) is 3.24. The summed E-state index contributed by atoms with van der Waals surface area (Å²) >= 11 is 4.46. The Labute approximate surface area is 122 Å². The first-order valence-electron chi connectivity index (χ1n) is 6.22. The van der Waals surface area contributed by atoms with Crippen LogP contribution in [0.25, 0.3) is 0 Å². The van der Waals surface area contributed by atoms with Crippen LogP contribution in [-0.2, 0) is 0 Å². The Morgan fingerprint density at radius 2 is 1.95 bits per heavy atom. The first-order valence-corrected chi connectivity index (χ1v) is 6.73. The number of para-hydroxylation sites is 1. The number of methoxy groups -OCH3 is 1. The Bertz CT molecular complexity index is 646. The summed E-state index contributed by atoms with van der Waals surface area (Å²) in [6.07, 6.45) is 0. The van der Waals surface area contributed by atoms with E-state index in [2.05, 4.69) is 17.9 Å². The molecule has 1 aliphatic heterocycles. The minimum Gasteiger partial charge on any atom is -0.497 e. The van der Waals surface area contributed by atoms with Crippen LogP contribution in [0.2, 0.25) is 0 Å². The van der Waals surface area contributed by atoms with Gasteiger partial charge >= 0.3 is 0 Å². The molecular formula is C15H14N2O2S. The van der Waals surface area contributed by atoms with Crippen LogP contribution < -0.4 is 15.0 Å². The van der Waals surface area contributed by atoms with Crippen LogP contribution in [0.5, 0.6) is 5.75 Å². The van der Waals surface area contributed by atoms with Crippen LogP contribution in [0, 0.1) is 0 Å². The lowest BCUT2D eigenvalue weighted by atomic mass is 10.1. The lowest BCUT2D eigenvalue weighted by Gasteiger charge is -2.35. The van der Waals surface area contributed by atoms with Crippen LogP contribution in [0.4, 0.5) is 11.4 Å². The Balaban J connectivity index is 2.05. The van der Waals surface area contributed by atoms with E-state index in [1.807, 2.05) is 42.5 Å². The van der Waals surface area contributed by atoms with E-state index >= 15 is 0 Å². The van der Waals surface area contributed by atoms with Gasteiger partial charge in [-0.2, -0.15) is 0 Å². The zero-order chi connectivity index (χ0) is 14.1. The van der Waals surface area contributed by atoms with E-state index in [4.69, 9.17) is 4.74 Å². The van der Waals surface area contributed by atoms with Crippen molar-refractivity contribution in [3.8, 4) is 5.75 Å². The first-order chi connectivity index (χ1) is 9.70. The highest BCUT2D eigenvalue weighted by atomic mass is 32.1. The number of hydrogen-bond acceptors (Lipinski definition) is 4. The molecule has 0 saturated carbocycles. The molecule has 5 heteroatoms. The van der Waals surface area contributed by atoms with Gasteiger partial charge in [-0.3, -0.25) is 9.69 Å². The van der Waals surface area contributed by atoms with Gasteiger partial charge < -0.3 is 10.1 Å². The van der Waals surface area contributed by atoms with Gasteiger partial charge in [-0.25, -0.2) is 0 Å². The molecule has 102 valence electrons. The van der Waals surface area contributed by atoms with Crippen molar-refractivity contribution in [1.82, 2.24) is 0 Å². The SMILES string of the molecule is COc1ccc2c(c1)C(=O)N(c1ccccc1)C(S)N2. The molecule has 0 aromatic heterocycles. The number of thiol groups is 1. The molecular weight excluding hydrogens is 272 g/mol. The van der Waals surface area contributed by atoms with Gasteiger partial charge in [0.15, 0.2) is 5.50 Å². The summed E-state index contributed by atoms with van der Waals surface area (Å²) in [6, 6.07) is 14.8. The number of anilines is 2. The first kappa shape index (κ1) is 12.9. The van der Waals surface area contributed by atoms with Gasteiger partial charge in [0.1, 0.15) is 5.75 Å². The van der Waals surface area contributed by atoms with E-state index in [0.29, 0.717) is 11.3 Å². The summed E-state index contributed by atoms with van der Waals surface area (Å²) in [5.41, 5.74) is 1.76. The number of amides is 1. The summed E-state index contributed by atoms with van der Waals surface area (Å²) in [5, 5.41) is 3.20. The van der Waals surface area contributed by atoms with E-state index in [1.54, 1.807) is 18.1 Å². The lowest BCUT2D eigenvalue weighted by molar-refractivity contribution is 0.0983. The molecule has 0 saturated heterocycles. The molecule has 1 unspecified atom stereocenters. The molecule has 0 radical (unpaired) electrons. The molecule has 1 N–H and O–H groups in total. The Kier molecular flexibility index (Phi) is 3.28. The largest absolute Gasteiger partial charge is 0.497 e. The summed E-state index contributed by atoms with van der Waals surface area (Å²) < 4.78 is 5.18. The topological polar surface area (TPSA) is 41.6 Å². The van der Waals surface area contributed by atoms with Crippen molar-refractivity contribution in [3.63, 3.8) is 0 Å². The monoisotopic (exact) mass is 286 g/mol. The van der Waals surface area contributed by atoms with E-state index in [1.165, 1.54) is 0 Å². The van der Waals surface area contributed by atoms with Crippen LogP contribution >= 0.6 is 12.6 Å². The average Bonchev–Trinajstić information content (AvgIpc) is 2.48. The second kappa shape index (κ2) is 5.09. The summed E-state index contributed by atoms with van der Waals surface area (Å²) in [4.78, 5) is 14.3. The maximum absolute atomic E-state index is 12.7. The highest BCUT2D eigenvalue weighted by molar-refractivity contribution is 7.81.